The van der Waals surface area contributed by atoms with Crippen molar-refractivity contribution in [3.8, 4) is 0 Å². The van der Waals surface area contributed by atoms with E-state index in [-0.39, 0.29) is 0 Å². The maximum absolute atomic E-state index is 12.3. The number of hydrogen-bond acceptors (Lipinski definition) is 5. The van der Waals surface area contributed by atoms with E-state index in [1.165, 1.54) is 14.2 Å². The molecule has 0 aliphatic carbocycles. The predicted octanol–water partition coefficient (Wildman–Crippen LogP) is 3.24. The first-order valence-corrected chi connectivity index (χ1v) is 7.87. The molecule has 6 heteroatoms. The Kier molecular flexibility index (Phi) is 5.36. The van der Waals surface area contributed by atoms with Gasteiger partial charge in [0, 0.05) is 21.8 Å². The van der Waals surface area contributed by atoms with Crippen LogP contribution in [0.3, 0.4) is 0 Å². The minimum atomic E-state index is -0.660. The Bertz CT molecular complexity index is 708. The summed E-state index contributed by atoms with van der Waals surface area (Å²) in [7, 11) is 2.65. The van der Waals surface area contributed by atoms with Crippen LogP contribution in [-0.4, -0.2) is 31.9 Å². The third kappa shape index (κ3) is 3.37. The van der Waals surface area contributed by atoms with Gasteiger partial charge in [0.05, 0.1) is 19.8 Å². The average Bonchev–Trinajstić information content (AvgIpc) is 2.52. The van der Waals surface area contributed by atoms with Crippen LogP contribution >= 0.6 is 15.9 Å². The number of methoxy groups -OCH3 is 2. The third-order valence-electron chi connectivity index (χ3n) is 3.90. The summed E-state index contributed by atoms with van der Waals surface area (Å²) in [4.78, 5) is 29.0. The van der Waals surface area contributed by atoms with Crippen molar-refractivity contribution in [1.29, 1.82) is 0 Å². The fraction of sp³-hybridized carbons (Fsp3) is 0.353. The molecule has 122 valence electrons. The van der Waals surface area contributed by atoms with Gasteiger partial charge in [-0.1, -0.05) is 28.1 Å². The first kappa shape index (κ1) is 17.4. The van der Waals surface area contributed by atoms with Crippen LogP contribution in [0.15, 0.2) is 45.0 Å². The topological polar surface area (TPSA) is 65.0 Å². The Labute approximate surface area is 143 Å². The molecule has 0 bridgehead atoms. The van der Waals surface area contributed by atoms with Crippen LogP contribution in [0.25, 0.3) is 0 Å². The number of esters is 2. The lowest BCUT2D eigenvalue weighted by Crippen LogP contribution is -2.36. The highest BCUT2D eigenvalue weighted by atomic mass is 79.9. The van der Waals surface area contributed by atoms with Crippen molar-refractivity contribution in [2.75, 3.05) is 14.2 Å². The van der Waals surface area contributed by atoms with Crippen molar-refractivity contribution in [2.45, 2.75) is 19.8 Å². The molecule has 1 aromatic carbocycles. The monoisotopic (exact) mass is 379 g/mol. The number of carbonyl (C=O) groups excluding carboxylic acids is 2. The third-order valence-corrected chi connectivity index (χ3v) is 4.39. The van der Waals surface area contributed by atoms with Crippen LogP contribution in [0.2, 0.25) is 0 Å². The lowest BCUT2D eigenvalue weighted by molar-refractivity contribution is -0.143. The molecule has 0 saturated carbocycles. The fourth-order valence-corrected chi connectivity index (χ4v) is 3.32. The summed E-state index contributed by atoms with van der Waals surface area (Å²) < 4.78 is 10.7. The summed E-state index contributed by atoms with van der Waals surface area (Å²) in [5, 5.41) is 0. The quantitative estimate of drug-likeness (QED) is 0.756. The molecular formula is C17H18BrNO4. The van der Waals surface area contributed by atoms with Crippen molar-refractivity contribution in [2.24, 2.45) is 10.9 Å². The molecule has 0 saturated heterocycles. The fourth-order valence-electron chi connectivity index (χ4n) is 2.90. The van der Waals surface area contributed by atoms with Crippen molar-refractivity contribution >= 4 is 33.6 Å². The van der Waals surface area contributed by atoms with Gasteiger partial charge < -0.3 is 9.47 Å². The van der Waals surface area contributed by atoms with E-state index in [2.05, 4.69) is 20.9 Å². The minimum Gasteiger partial charge on any atom is -0.468 e. The van der Waals surface area contributed by atoms with E-state index >= 15 is 0 Å². The van der Waals surface area contributed by atoms with Gasteiger partial charge in [0.1, 0.15) is 5.92 Å². The Hall–Kier alpha value is -1.95. The molecule has 0 spiro atoms. The minimum absolute atomic E-state index is 0.381. The number of hydrogen-bond donors (Lipinski definition) is 0. The normalized spacial score (nSPS) is 20.8. The Morgan fingerprint density at radius 3 is 2.43 bits per heavy atom. The summed E-state index contributed by atoms with van der Waals surface area (Å²) in [5.74, 6) is -2.07. The van der Waals surface area contributed by atoms with Gasteiger partial charge in [0.15, 0.2) is 0 Å². The van der Waals surface area contributed by atoms with Crippen molar-refractivity contribution in [3.05, 3.63) is 45.6 Å². The summed E-state index contributed by atoms with van der Waals surface area (Å²) in [6.45, 7) is 3.51. The SMILES string of the molecule is COC(=O)C1=C(C)N=C(C)C(C(=O)OC)C1c1cccc(Br)c1. The second kappa shape index (κ2) is 7.08. The molecule has 0 aromatic heterocycles. The van der Waals surface area contributed by atoms with Gasteiger partial charge in [-0.05, 0) is 31.5 Å². The molecule has 23 heavy (non-hydrogen) atoms. The van der Waals surface area contributed by atoms with Crippen LogP contribution in [0, 0.1) is 5.92 Å². The summed E-state index contributed by atoms with van der Waals surface area (Å²) in [6.07, 6.45) is 0. The Morgan fingerprint density at radius 2 is 1.87 bits per heavy atom. The number of nitrogens with zero attached hydrogens (tertiary/aromatic N) is 1. The van der Waals surface area contributed by atoms with Gasteiger partial charge in [0.2, 0.25) is 0 Å². The van der Waals surface area contributed by atoms with Gasteiger partial charge >= 0.3 is 11.9 Å². The van der Waals surface area contributed by atoms with E-state index in [4.69, 9.17) is 9.47 Å². The number of aliphatic imine (C=N–C) groups is 1. The van der Waals surface area contributed by atoms with Crippen molar-refractivity contribution < 1.29 is 19.1 Å². The van der Waals surface area contributed by atoms with Gasteiger partial charge in [-0.3, -0.25) is 9.79 Å². The van der Waals surface area contributed by atoms with E-state index in [9.17, 15) is 9.59 Å². The van der Waals surface area contributed by atoms with Crippen LogP contribution < -0.4 is 0 Å². The van der Waals surface area contributed by atoms with Gasteiger partial charge in [-0.2, -0.15) is 0 Å². The maximum Gasteiger partial charge on any atom is 0.336 e. The van der Waals surface area contributed by atoms with E-state index in [1.807, 2.05) is 24.3 Å². The average molecular weight is 380 g/mol. The molecular weight excluding hydrogens is 362 g/mol. The van der Waals surface area contributed by atoms with Crippen molar-refractivity contribution in [1.82, 2.24) is 0 Å². The number of allylic oxidation sites excluding steroid dienone is 1. The Balaban J connectivity index is 2.68. The smallest absolute Gasteiger partial charge is 0.336 e. The van der Waals surface area contributed by atoms with E-state index in [0.29, 0.717) is 17.0 Å². The first-order chi connectivity index (χ1) is 10.9. The summed E-state index contributed by atoms with van der Waals surface area (Å²) >= 11 is 3.43. The summed E-state index contributed by atoms with van der Waals surface area (Å²) in [5.41, 5.74) is 2.38. The largest absolute Gasteiger partial charge is 0.468 e. The Morgan fingerprint density at radius 1 is 1.17 bits per heavy atom. The lowest BCUT2D eigenvalue weighted by Gasteiger charge is -2.31. The zero-order valence-electron chi connectivity index (χ0n) is 13.4. The molecule has 0 fully saturated rings. The lowest BCUT2D eigenvalue weighted by atomic mass is 9.75. The second-order valence-electron chi connectivity index (χ2n) is 5.28. The second-order valence-corrected chi connectivity index (χ2v) is 6.19. The van der Waals surface area contributed by atoms with Gasteiger partial charge in [0.25, 0.3) is 0 Å². The zero-order chi connectivity index (χ0) is 17.1. The molecule has 2 unspecified atom stereocenters. The van der Waals surface area contributed by atoms with E-state index < -0.39 is 23.8 Å². The maximum atomic E-state index is 12.3. The van der Waals surface area contributed by atoms with Crippen LogP contribution in [-0.2, 0) is 19.1 Å². The molecule has 0 N–H and O–H groups in total. The first-order valence-electron chi connectivity index (χ1n) is 7.08. The molecule has 1 aliphatic heterocycles. The highest BCUT2D eigenvalue weighted by Crippen LogP contribution is 2.40. The zero-order valence-corrected chi connectivity index (χ0v) is 15.0. The molecule has 2 rings (SSSR count). The highest BCUT2D eigenvalue weighted by molar-refractivity contribution is 9.10. The predicted molar refractivity (Wildman–Crippen MR) is 90.2 cm³/mol. The summed E-state index contributed by atoms with van der Waals surface area (Å²) in [6, 6.07) is 7.50. The van der Waals surface area contributed by atoms with Gasteiger partial charge in [-0.15, -0.1) is 0 Å². The van der Waals surface area contributed by atoms with Crippen LogP contribution in [0.1, 0.15) is 25.3 Å². The van der Waals surface area contributed by atoms with Crippen molar-refractivity contribution in [3.63, 3.8) is 0 Å². The standard InChI is InChI=1S/C17H18BrNO4/c1-9-13(16(20)22-3)15(11-6-5-7-12(18)8-11)14(10(2)19-9)17(21)23-4/h5-8,13,15H,1-4H3. The number of ether oxygens (including phenoxy) is 2. The van der Waals surface area contributed by atoms with E-state index in [1.54, 1.807) is 13.8 Å². The molecule has 1 heterocycles. The van der Waals surface area contributed by atoms with E-state index in [0.717, 1.165) is 10.0 Å². The van der Waals surface area contributed by atoms with Gasteiger partial charge in [-0.25, -0.2) is 4.79 Å². The number of carbonyl (C=O) groups is 2. The molecule has 0 radical (unpaired) electrons. The molecule has 5 nitrogen and oxygen atoms in total. The highest BCUT2D eigenvalue weighted by Gasteiger charge is 2.42. The molecule has 1 aromatic rings. The van der Waals surface area contributed by atoms with Crippen LogP contribution in [0.4, 0.5) is 0 Å². The number of benzene rings is 1. The number of rotatable bonds is 3. The van der Waals surface area contributed by atoms with Crippen LogP contribution in [0.5, 0.6) is 0 Å². The molecule has 2 atom stereocenters. The molecule has 0 amide bonds. The number of halogens is 1. The molecule has 1 aliphatic rings.